The summed E-state index contributed by atoms with van der Waals surface area (Å²) in [5.74, 6) is 0.768. The molecule has 0 saturated heterocycles. The van der Waals surface area contributed by atoms with Crippen LogP contribution in [0.4, 0.5) is 0 Å². The summed E-state index contributed by atoms with van der Waals surface area (Å²) in [6.45, 7) is 0. The van der Waals surface area contributed by atoms with Gasteiger partial charge in [0, 0.05) is 10.8 Å². The lowest BCUT2D eigenvalue weighted by Crippen LogP contribution is -1.91. The second-order valence-corrected chi connectivity index (χ2v) is 6.30. The predicted octanol–water partition coefficient (Wildman–Crippen LogP) is 4.83. The van der Waals surface area contributed by atoms with Crippen LogP contribution < -0.4 is 0 Å². The molecule has 4 rings (SSSR count). The van der Waals surface area contributed by atoms with E-state index in [1.807, 2.05) is 42.5 Å². The second kappa shape index (κ2) is 5.63. The summed E-state index contributed by atoms with van der Waals surface area (Å²) in [4.78, 5) is 0. The molecule has 0 aliphatic heterocycles. The first kappa shape index (κ1) is 13.6. The topological polar surface area (TPSA) is 30.2 Å². The number of pyridine rings is 1. The zero-order chi connectivity index (χ0) is 14.9. The van der Waals surface area contributed by atoms with Gasteiger partial charge in [-0.2, -0.15) is 0 Å². The lowest BCUT2D eigenvalue weighted by Gasteiger charge is -2.05. The van der Waals surface area contributed by atoms with Crippen LogP contribution in [0, 0.1) is 0 Å². The van der Waals surface area contributed by atoms with Crippen molar-refractivity contribution in [2.24, 2.45) is 0 Å². The number of halogens is 1. The van der Waals surface area contributed by atoms with Gasteiger partial charge in [-0.3, -0.25) is 4.40 Å². The van der Waals surface area contributed by atoms with Crippen molar-refractivity contribution in [3.05, 3.63) is 71.2 Å². The average Bonchev–Trinajstić information content (AvgIpc) is 2.98. The van der Waals surface area contributed by atoms with Crippen LogP contribution in [0.3, 0.4) is 0 Å². The number of aromatic nitrogens is 3. The monoisotopic (exact) mass is 325 g/mol. The molecule has 0 aliphatic rings. The quantitative estimate of drug-likeness (QED) is 0.505. The van der Waals surface area contributed by atoms with Crippen LogP contribution in [0.1, 0.15) is 5.56 Å². The van der Waals surface area contributed by atoms with E-state index in [1.54, 1.807) is 11.8 Å². The molecular weight excluding hydrogens is 314 g/mol. The third-order valence-electron chi connectivity index (χ3n) is 3.56. The Morgan fingerprint density at radius 3 is 2.64 bits per heavy atom. The van der Waals surface area contributed by atoms with Crippen LogP contribution in [-0.4, -0.2) is 14.6 Å². The van der Waals surface area contributed by atoms with Gasteiger partial charge in [-0.1, -0.05) is 59.8 Å². The average molecular weight is 326 g/mol. The fraction of sp³-hybridized carbons (Fsp3) is 0.0588. The number of hydrogen-bond donors (Lipinski definition) is 0. The zero-order valence-electron chi connectivity index (χ0n) is 11.6. The number of benzene rings is 2. The highest BCUT2D eigenvalue weighted by Gasteiger charge is 2.10. The Kier molecular flexibility index (Phi) is 3.48. The normalized spacial score (nSPS) is 11.3. The van der Waals surface area contributed by atoms with Crippen molar-refractivity contribution in [2.45, 2.75) is 10.9 Å². The van der Waals surface area contributed by atoms with Gasteiger partial charge in [0.15, 0.2) is 10.8 Å². The molecule has 0 atom stereocenters. The fourth-order valence-electron chi connectivity index (χ4n) is 2.46. The summed E-state index contributed by atoms with van der Waals surface area (Å²) >= 11 is 7.87. The van der Waals surface area contributed by atoms with Gasteiger partial charge in [-0.05, 0) is 35.2 Å². The van der Waals surface area contributed by atoms with Crippen molar-refractivity contribution in [2.75, 3.05) is 0 Å². The number of hydrogen-bond acceptors (Lipinski definition) is 3. The van der Waals surface area contributed by atoms with Gasteiger partial charge in [-0.15, -0.1) is 10.2 Å². The Morgan fingerprint density at radius 1 is 0.909 bits per heavy atom. The molecule has 0 aliphatic carbocycles. The van der Waals surface area contributed by atoms with Crippen LogP contribution in [0.2, 0.25) is 5.02 Å². The maximum Gasteiger partial charge on any atom is 0.196 e. The highest BCUT2D eigenvalue weighted by molar-refractivity contribution is 7.98. The first-order chi connectivity index (χ1) is 10.8. The Hall–Kier alpha value is -2.04. The van der Waals surface area contributed by atoms with E-state index >= 15 is 0 Å². The molecule has 0 spiro atoms. The van der Waals surface area contributed by atoms with E-state index in [0.717, 1.165) is 32.7 Å². The minimum absolute atomic E-state index is 0.768. The fourth-order valence-corrected chi connectivity index (χ4v) is 3.70. The summed E-state index contributed by atoms with van der Waals surface area (Å²) in [5, 5.41) is 11.4. The lowest BCUT2D eigenvalue weighted by molar-refractivity contribution is 0.940. The number of para-hydroxylation sites is 1. The van der Waals surface area contributed by atoms with Crippen molar-refractivity contribution < 1.29 is 0 Å². The standard InChI is InChI=1S/C17H12ClN3S/c18-14-7-3-1-6-13(14)11-22-17-20-19-16-10-9-12-5-2-4-8-15(12)21(16)17/h1-10H,11H2. The van der Waals surface area contributed by atoms with Gasteiger partial charge in [0.25, 0.3) is 0 Å². The third kappa shape index (κ3) is 2.34. The van der Waals surface area contributed by atoms with Crippen molar-refractivity contribution in [1.29, 1.82) is 0 Å². The molecule has 0 bridgehead atoms. The molecule has 2 heterocycles. The van der Waals surface area contributed by atoms with Gasteiger partial charge in [-0.25, -0.2) is 0 Å². The maximum absolute atomic E-state index is 6.22. The predicted molar refractivity (Wildman–Crippen MR) is 91.5 cm³/mol. The van der Waals surface area contributed by atoms with Crippen LogP contribution in [0.15, 0.2) is 65.8 Å². The molecule has 0 N–H and O–H groups in total. The van der Waals surface area contributed by atoms with Crippen LogP contribution in [0.5, 0.6) is 0 Å². The molecule has 0 unspecified atom stereocenters. The number of fused-ring (bicyclic) bond motifs is 3. The van der Waals surface area contributed by atoms with Crippen molar-refractivity contribution in [1.82, 2.24) is 14.6 Å². The molecule has 4 aromatic rings. The molecule has 108 valence electrons. The highest BCUT2D eigenvalue weighted by Crippen LogP contribution is 2.28. The SMILES string of the molecule is Clc1ccccc1CSc1nnc2ccc3ccccc3n12. The van der Waals surface area contributed by atoms with Gasteiger partial charge >= 0.3 is 0 Å². The molecule has 0 amide bonds. The van der Waals surface area contributed by atoms with E-state index in [9.17, 15) is 0 Å². The summed E-state index contributed by atoms with van der Waals surface area (Å²) in [6.07, 6.45) is 0. The Morgan fingerprint density at radius 2 is 1.73 bits per heavy atom. The summed E-state index contributed by atoms with van der Waals surface area (Å²) in [7, 11) is 0. The minimum Gasteiger partial charge on any atom is -0.270 e. The molecule has 22 heavy (non-hydrogen) atoms. The molecule has 0 fully saturated rings. The summed E-state index contributed by atoms with van der Waals surface area (Å²) in [5.41, 5.74) is 3.08. The maximum atomic E-state index is 6.22. The van der Waals surface area contributed by atoms with Gasteiger partial charge < -0.3 is 0 Å². The number of nitrogens with zero attached hydrogens (tertiary/aromatic N) is 3. The first-order valence-corrected chi connectivity index (χ1v) is 8.28. The minimum atomic E-state index is 0.768. The van der Waals surface area contributed by atoms with E-state index < -0.39 is 0 Å². The summed E-state index contributed by atoms with van der Waals surface area (Å²) in [6, 6.07) is 20.2. The first-order valence-electron chi connectivity index (χ1n) is 6.92. The van der Waals surface area contributed by atoms with Crippen LogP contribution in [0.25, 0.3) is 16.6 Å². The van der Waals surface area contributed by atoms with Crippen molar-refractivity contribution in [3.63, 3.8) is 0 Å². The Balaban J connectivity index is 1.76. The van der Waals surface area contributed by atoms with E-state index in [-0.39, 0.29) is 0 Å². The van der Waals surface area contributed by atoms with E-state index in [4.69, 9.17) is 11.6 Å². The molecular formula is C17H12ClN3S. The zero-order valence-corrected chi connectivity index (χ0v) is 13.2. The molecule has 0 saturated carbocycles. The highest BCUT2D eigenvalue weighted by atomic mass is 35.5. The van der Waals surface area contributed by atoms with Crippen LogP contribution >= 0.6 is 23.4 Å². The van der Waals surface area contributed by atoms with E-state index in [1.165, 1.54) is 5.39 Å². The third-order valence-corrected chi connectivity index (χ3v) is 4.91. The van der Waals surface area contributed by atoms with E-state index in [2.05, 4.69) is 32.8 Å². The molecule has 0 radical (unpaired) electrons. The second-order valence-electron chi connectivity index (χ2n) is 4.95. The van der Waals surface area contributed by atoms with Crippen molar-refractivity contribution >= 4 is 39.9 Å². The largest absolute Gasteiger partial charge is 0.270 e. The molecule has 2 aromatic carbocycles. The molecule has 3 nitrogen and oxygen atoms in total. The van der Waals surface area contributed by atoms with Gasteiger partial charge in [0.1, 0.15) is 0 Å². The Bertz CT molecular complexity index is 964. The van der Waals surface area contributed by atoms with Crippen molar-refractivity contribution in [3.8, 4) is 0 Å². The molecule has 5 heteroatoms. The number of rotatable bonds is 3. The molecule has 2 aromatic heterocycles. The summed E-state index contributed by atoms with van der Waals surface area (Å²) < 4.78 is 2.09. The Labute approximate surface area is 136 Å². The smallest absolute Gasteiger partial charge is 0.196 e. The lowest BCUT2D eigenvalue weighted by atomic mass is 10.2. The van der Waals surface area contributed by atoms with Crippen LogP contribution in [-0.2, 0) is 5.75 Å². The van der Waals surface area contributed by atoms with Gasteiger partial charge in [0.2, 0.25) is 0 Å². The van der Waals surface area contributed by atoms with Gasteiger partial charge in [0.05, 0.1) is 5.52 Å². The van der Waals surface area contributed by atoms with E-state index in [0.29, 0.717) is 0 Å². The number of thioether (sulfide) groups is 1.